The van der Waals surface area contributed by atoms with E-state index >= 15 is 0 Å². The zero-order valence-corrected chi connectivity index (χ0v) is 25.4. The highest BCUT2D eigenvalue weighted by atomic mass is 19.1. The lowest BCUT2D eigenvalue weighted by molar-refractivity contribution is -0.151. The fourth-order valence-electron chi connectivity index (χ4n) is 5.43. The van der Waals surface area contributed by atoms with E-state index in [1.807, 2.05) is 26.8 Å². The molecule has 0 spiro atoms. The molecule has 2 aliphatic heterocycles. The molecule has 2 heterocycles. The molecule has 0 aromatic heterocycles. The van der Waals surface area contributed by atoms with E-state index in [2.05, 4.69) is 10.6 Å². The van der Waals surface area contributed by atoms with Gasteiger partial charge in [-0.15, -0.1) is 0 Å². The van der Waals surface area contributed by atoms with Crippen LogP contribution >= 0.6 is 0 Å². The summed E-state index contributed by atoms with van der Waals surface area (Å²) in [6.07, 6.45) is -1.24. The number of fused-ring (bicyclic) bond motifs is 1. The van der Waals surface area contributed by atoms with Gasteiger partial charge in [-0.25, -0.2) is 14.0 Å². The number of ether oxygens (including phenoxy) is 3. The van der Waals surface area contributed by atoms with E-state index in [1.54, 1.807) is 25.1 Å². The summed E-state index contributed by atoms with van der Waals surface area (Å²) in [5.41, 5.74) is 2.91. The van der Waals surface area contributed by atoms with Crippen molar-refractivity contribution in [1.29, 1.82) is 0 Å². The summed E-state index contributed by atoms with van der Waals surface area (Å²) in [4.78, 5) is 54.7. The van der Waals surface area contributed by atoms with Crippen molar-refractivity contribution in [3.8, 4) is 0 Å². The van der Waals surface area contributed by atoms with E-state index < -0.39 is 41.5 Å². The zero-order chi connectivity index (χ0) is 31.5. The van der Waals surface area contributed by atoms with Crippen LogP contribution in [0.5, 0.6) is 0 Å². The first-order chi connectivity index (χ1) is 20.3. The second-order valence-corrected chi connectivity index (χ2v) is 12.1. The van der Waals surface area contributed by atoms with Gasteiger partial charge >= 0.3 is 12.1 Å². The number of methoxy groups -OCH3 is 2. The molecule has 12 heteroatoms. The number of hydrogen-bond donors (Lipinski definition) is 2. The van der Waals surface area contributed by atoms with Gasteiger partial charge in [0.1, 0.15) is 30.6 Å². The van der Waals surface area contributed by atoms with Crippen LogP contribution in [-0.4, -0.2) is 79.2 Å². The Morgan fingerprint density at radius 2 is 1.74 bits per heavy atom. The first-order valence-corrected chi connectivity index (χ1v) is 14.1. The topological polar surface area (TPSA) is 127 Å². The number of anilines is 2. The lowest BCUT2D eigenvalue weighted by Crippen LogP contribution is -2.53. The highest BCUT2D eigenvalue weighted by Gasteiger charge is 2.46. The van der Waals surface area contributed by atoms with Crippen LogP contribution < -0.4 is 10.6 Å². The van der Waals surface area contributed by atoms with E-state index in [4.69, 9.17) is 14.2 Å². The molecule has 11 nitrogen and oxygen atoms in total. The highest BCUT2D eigenvalue weighted by molar-refractivity contribution is 5.92. The van der Waals surface area contributed by atoms with Gasteiger partial charge < -0.3 is 29.7 Å². The number of rotatable bonds is 8. The first-order valence-electron chi connectivity index (χ1n) is 14.1. The smallest absolute Gasteiger partial charge is 0.410 e. The zero-order valence-electron chi connectivity index (χ0n) is 25.4. The summed E-state index contributed by atoms with van der Waals surface area (Å²) < 4.78 is 29.7. The Morgan fingerprint density at radius 1 is 1.02 bits per heavy atom. The van der Waals surface area contributed by atoms with Crippen LogP contribution in [-0.2, 0) is 41.7 Å². The number of hydrogen-bond acceptors (Lipinski definition) is 8. The van der Waals surface area contributed by atoms with Crippen molar-refractivity contribution in [2.24, 2.45) is 5.41 Å². The molecule has 3 atom stereocenters. The van der Waals surface area contributed by atoms with Gasteiger partial charge in [-0.2, -0.15) is 0 Å². The Hall–Kier alpha value is -4.19. The fraction of sp³-hybridized carbons (Fsp3) is 0.484. The van der Waals surface area contributed by atoms with Crippen LogP contribution in [0.4, 0.5) is 20.6 Å². The van der Waals surface area contributed by atoms with Crippen molar-refractivity contribution in [1.82, 2.24) is 9.80 Å². The molecule has 0 radical (unpaired) electrons. The maximum absolute atomic E-state index is 14.1. The SMILES string of the molecule is COCC(=O)Nc1ccc2c(c1)CN(C(=O)O[C@@H]1C[C@@H](C(=O)OC)N(C(=O)[C@@H](Nc3cc(C)cc(F)c3)C(C)(C)C)C1)C2. The number of aryl methyl sites for hydroxylation is 1. The fourth-order valence-corrected chi connectivity index (χ4v) is 5.43. The summed E-state index contributed by atoms with van der Waals surface area (Å²) in [6, 6.07) is 8.08. The quantitative estimate of drug-likeness (QED) is 0.439. The number of nitrogens with one attached hydrogen (secondary N) is 2. The van der Waals surface area contributed by atoms with Crippen molar-refractivity contribution >= 4 is 35.3 Å². The monoisotopic (exact) mass is 598 g/mol. The molecule has 2 aromatic rings. The Morgan fingerprint density at radius 3 is 2.40 bits per heavy atom. The van der Waals surface area contributed by atoms with Crippen molar-refractivity contribution in [2.45, 2.75) is 65.4 Å². The predicted molar refractivity (Wildman–Crippen MR) is 157 cm³/mol. The maximum Gasteiger partial charge on any atom is 0.410 e. The molecular formula is C31H39FN4O7. The number of halogens is 1. The molecule has 2 aliphatic rings. The number of likely N-dealkylation sites (tertiary alicyclic amines) is 1. The van der Waals surface area contributed by atoms with Gasteiger partial charge in [-0.05, 0) is 59.4 Å². The Labute approximate surface area is 250 Å². The third-order valence-electron chi connectivity index (χ3n) is 7.50. The predicted octanol–water partition coefficient (Wildman–Crippen LogP) is 3.84. The third-order valence-corrected chi connectivity index (χ3v) is 7.50. The van der Waals surface area contributed by atoms with Gasteiger partial charge in [0.2, 0.25) is 11.8 Å². The van der Waals surface area contributed by atoms with Crippen LogP contribution in [0, 0.1) is 18.2 Å². The molecule has 0 aliphatic carbocycles. The normalized spacial score (nSPS) is 18.6. The molecular weight excluding hydrogens is 559 g/mol. The molecule has 0 unspecified atom stereocenters. The van der Waals surface area contributed by atoms with Gasteiger partial charge in [0, 0.05) is 38.0 Å². The number of amides is 3. The van der Waals surface area contributed by atoms with Crippen LogP contribution in [0.2, 0.25) is 0 Å². The average Bonchev–Trinajstić information content (AvgIpc) is 3.54. The molecule has 2 aromatic carbocycles. The Balaban J connectivity index is 1.45. The van der Waals surface area contributed by atoms with Gasteiger partial charge in [0.15, 0.2) is 0 Å². The standard InChI is InChI=1S/C31H39FN4O7/c1-18-9-21(32)12-23(10-18)34-27(31(2,3)4)28(38)36-16-24(13-25(36)29(39)42-6)43-30(40)35-14-19-7-8-22(11-20(19)15-35)33-26(37)17-41-5/h7-12,24-25,27,34H,13-17H2,1-6H3,(H,33,37)/t24-,25+,27-/m1/s1. The minimum absolute atomic E-state index is 0.00273. The maximum atomic E-state index is 14.1. The number of nitrogens with zero attached hydrogens (tertiary/aromatic N) is 2. The first kappa shape index (κ1) is 31.7. The minimum Gasteiger partial charge on any atom is -0.467 e. The largest absolute Gasteiger partial charge is 0.467 e. The number of carbonyl (C=O) groups is 4. The van der Waals surface area contributed by atoms with Crippen LogP contribution in [0.25, 0.3) is 0 Å². The van der Waals surface area contributed by atoms with Crippen molar-refractivity contribution in [2.75, 3.05) is 38.0 Å². The molecule has 4 rings (SSSR count). The van der Waals surface area contributed by atoms with Gasteiger partial charge in [0.05, 0.1) is 13.7 Å². The molecule has 1 fully saturated rings. The minimum atomic E-state index is -0.953. The van der Waals surface area contributed by atoms with Crippen LogP contribution in [0.1, 0.15) is 43.9 Å². The van der Waals surface area contributed by atoms with E-state index in [1.165, 1.54) is 36.2 Å². The Kier molecular flexibility index (Phi) is 9.59. The molecule has 2 N–H and O–H groups in total. The molecule has 3 amide bonds. The lowest BCUT2D eigenvalue weighted by atomic mass is 9.85. The van der Waals surface area contributed by atoms with E-state index in [9.17, 15) is 23.6 Å². The van der Waals surface area contributed by atoms with Crippen molar-refractivity contribution < 1.29 is 37.8 Å². The number of esters is 1. The van der Waals surface area contributed by atoms with Crippen molar-refractivity contribution in [3.63, 3.8) is 0 Å². The molecule has 0 saturated carbocycles. The van der Waals surface area contributed by atoms with Gasteiger partial charge in [-0.1, -0.05) is 26.8 Å². The van der Waals surface area contributed by atoms with Crippen LogP contribution in [0.3, 0.4) is 0 Å². The summed E-state index contributed by atoms with van der Waals surface area (Å²) in [7, 11) is 2.68. The summed E-state index contributed by atoms with van der Waals surface area (Å²) >= 11 is 0. The molecule has 43 heavy (non-hydrogen) atoms. The lowest BCUT2D eigenvalue weighted by Gasteiger charge is -2.35. The van der Waals surface area contributed by atoms with E-state index in [-0.39, 0.29) is 37.9 Å². The molecule has 232 valence electrons. The van der Waals surface area contributed by atoms with E-state index in [0.717, 1.165) is 11.1 Å². The average molecular weight is 599 g/mol. The van der Waals surface area contributed by atoms with Crippen LogP contribution in [0.15, 0.2) is 36.4 Å². The third kappa shape index (κ3) is 7.61. The summed E-state index contributed by atoms with van der Waals surface area (Å²) in [5.74, 6) is -1.72. The summed E-state index contributed by atoms with van der Waals surface area (Å²) in [6.45, 7) is 7.89. The molecule has 1 saturated heterocycles. The molecule has 0 bridgehead atoms. The van der Waals surface area contributed by atoms with Gasteiger partial charge in [-0.3, -0.25) is 14.5 Å². The van der Waals surface area contributed by atoms with E-state index in [0.29, 0.717) is 23.5 Å². The summed E-state index contributed by atoms with van der Waals surface area (Å²) in [5, 5.41) is 5.90. The van der Waals surface area contributed by atoms with Crippen molar-refractivity contribution in [3.05, 3.63) is 58.9 Å². The second-order valence-electron chi connectivity index (χ2n) is 12.1. The Bertz CT molecular complexity index is 1370. The number of carbonyl (C=O) groups excluding carboxylic acids is 4. The van der Waals surface area contributed by atoms with Gasteiger partial charge in [0.25, 0.3) is 0 Å². The highest BCUT2D eigenvalue weighted by Crippen LogP contribution is 2.32. The second kappa shape index (κ2) is 13.0. The number of benzene rings is 2.